The number of rotatable bonds is 1. The molecular weight excluding hydrogens is 184 g/mol. The molecule has 0 radical (unpaired) electrons. The molecule has 1 heteroatoms. The van der Waals surface area contributed by atoms with Crippen molar-refractivity contribution in [2.45, 2.75) is 59.3 Å². The molecule has 0 heterocycles. The minimum atomic E-state index is 0.233. The van der Waals surface area contributed by atoms with Gasteiger partial charge in [-0.15, -0.1) is 0 Å². The monoisotopic (exact) mass is 206 g/mol. The van der Waals surface area contributed by atoms with Crippen LogP contribution in [0.5, 0.6) is 0 Å². The third-order valence-electron chi connectivity index (χ3n) is 4.50. The van der Waals surface area contributed by atoms with E-state index in [-0.39, 0.29) is 5.41 Å². The maximum atomic E-state index is 11.6. The Kier molecular flexibility index (Phi) is 2.52. The van der Waals surface area contributed by atoms with Gasteiger partial charge in [0.25, 0.3) is 0 Å². The third-order valence-corrected chi connectivity index (χ3v) is 4.50. The lowest BCUT2D eigenvalue weighted by Gasteiger charge is -2.49. The van der Waals surface area contributed by atoms with Gasteiger partial charge in [0.1, 0.15) is 5.78 Å². The maximum absolute atomic E-state index is 11.6. The predicted molar refractivity (Wildman–Crippen MR) is 62.7 cm³/mol. The van der Waals surface area contributed by atoms with Gasteiger partial charge in [-0.05, 0) is 30.1 Å². The summed E-state index contributed by atoms with van der Waals surface area (Å²) < 4.78 is 0. The standard InChI is InChI=1S/C14H22O/c1-4-14-9-5-8-13(2,3)12(14)7-6-11(15)10-14/h7H,4-6,8-10H2,1-3H3. The SMILES string of the molecule is CCC12CCCC(C)(C)C1=CCC(=O)C2. The second kappa shape index (κ2) is 3.47. The summed E-state index contributed by atoms with van der Waals surface area (Å²) in [7, 11) is 0. The van der Waals surface area contributed by atoms with Crippen LogP contribution in [-0.2, 0) is 4.79 Å². The van der Waals surface area contributed by atoms with E-state index in [4.69, 9.17) is 0 Å². The highest BCUT2D eigenvalue weighted by atomic mass is 16.1. The smallest absolute Gasteiger partial charge is 0.137 e. The van der Waals surface area contributed by atoms with Crippen molar-refractivity contribution < 1.29 is 4.79 Å². The Morgan fingerprint density at radius 2 is 2.07 bits per heavy atom. The van der Waals surface area contributed by atoms with Crippen molar-refractivity contribution in [2.24, 2.45) is 10.8 Å². The van der Waals surface area contributed by atoms with Gasteiger partial charge in [0.05, 0.1) is 0 Å². The van der Waals surface area contributed by atoms with E-state index in [1.807, 2.05) is 0 Å². The van der Waals surface area contributed by atoms with Gasteiger partial charge in [0.15, 0.2) is 0 Å². The van der Waals surface area contributed by atoms with E-state index >= 15 is 0 Å². The average molecular weight is 206 g/mol. The van der Waals surface area contributed by atoms with E-state index < -0.39 is 0 Å². The zero-order chi connectivity index (χ0) is 11.1. The molecule has 1 atom stereocenters. The van der Waals surface area contributed by atoms with Gasteiger partial charge < -0.3 is 0 Å². The van der Waals surface area contributed by atoms with E-state index in [0.717, 1.165) is 12.8 Å². The zero-order valence-corrected chi connectivity index (χ0v) is 10.2. The molecule has 0 spiro atoms. The Bertz CT molecular complexity index is 311. The molecular formula is C14H22O. The van der Waals surface area contributed by atoms with E-state index in [2.05, 4.69) is 26.8 Å². The van der Waals surface area contributed by atoms with Gasteiger partial charge in [-0.3, -0.25) is 4.79 Å². The fraction of sp³-hybridized carbons (Fsp3) is 0.786. The minimum Gasteiger partial charge on any atom is -0.299 e. The molecule has 1 unspecified atom stereocenters. The molecule has 0 aromatic heterocycles. The van der Waals surface area contributed by atoms with Crippen LogP contribution in [-0.4, -0.2) is 5.78 Å². The Labute approximate surface area is 92.9 Å². The Balaban J connectivity index is 2.42. The predicted octanol–water partition coefficient (Wildman–Crippen LogP) is 3.88. The first-order valence-corrected chi connectivity index (χ1v) is 6.23. The van der Waals surface area contributed by atoms with E-state index in [9.17, 15) is 4.79 Å². The molecule has 2 rings (SSSR count). The van der Waals surface area contributed by atoms with Crippen molar-refractivity contribution in [1.29, 1.82) is 0 Å². The van der Waals surface area contributed by atoms with Crippen LogP contribution in [0, 0.1) is 10.8 Å². The summed E-state index contributed by atoms with van der Waals surface area (Å²) in [5.74, 6) is 0.443. The van der Waals surface area contributed by atoms with Crippen LogP contribution in [0.25, 0.3) is 0 Å². The van der Waals surface area contributed by atoms with Crippen LogP contribution >= 0.6 is 0 Å². The molecule has 0 bridgehead atoms. The maximum Gasteiger partial charge on any atom is 0.137 e. The van der Waals surface area contributed by atoms with Crippen LogP contribution in [0.4, 0.5) is 0 Å². The number of allylic oxidation sites excluding steroid dienone is 2. The number of ketones is 1. The Hall–Kier alpha value is -0.590. The van der Waals surface area contributed by atoms with Crippen LogP contribution < -0.4 is 0 Å². The van der Waals surface area contributed by atoms with Crippen molar-refractivity contribution in [1.82, 2.24) is 0 Å². The molecule has 15 heavy (non-hydrogen) atoms. The van der Waals surface area contributed by atoms with Crippen molar-refractivity contribution in [3.05, 3.63) is 11.6 Å². The van der Waals surface area contributed by atoms with Crippen molar-refractivity contribution >= 4 is 5.78 Å². The van der Waals surface area contributed by atoms with Gasteiger partial charge >= 0.3 is 0 Å². The van der Waals surface area contributed by atoms with Gasteiger partial charge in [-0.25, -0.2) is 0 Å². The topological polar surface area (TPSA) is 17.1 Å². The van der Waals surface area contributed by atoms with Crippen molar-refractivity contribution in [2.75, 3.05) is 0 Å². The summed E-state index contributed by atoms with van der Waals surface area (Å²) in [4.78, 5) is 11.6. The number of hydrogen-bond acceptors (Lipinski definition) is 1. The number of Topliss-reactive ketones (excluding diaryl/α,β-unsaturated/α-hetero) is 1. The number of hydrogen-bond donors (Lipinski definition) is 0. The third kappa shape index (κ3) is 1.66. The average Bonchev–Trinajstić information content (AvgIpc) is 2.16. The summed E-state index contributed by atoms with van der Waals surface area (Å²) in [5.41, 5.74) is 2.15. The van der Waals surface area contributed by atoms with Crippen molar-refractivity contribution in [3.63, 3.8) is 0 Å². The van der Waals surface area contributed by atoms with Crippen LogP contribution in [0.3, 0.4) is 0 Å². The first-order valence-electron chi connectivity index (χ1n) is 6.23. The lowest BCUT2D eigenvalue weighted by Crippen LogP contribution is -2.39. The fourth-order valence-electron chi connectivity index (χ4n) is 3.69. The summed E-state index contributed by atoms with van der Waals surface area (Å²) in [6.07, 6.45) is 8.66. The van der Waals surface area contributed by atoms with Crippen molar-refractivity contribution in [3.8, 4) is 0 Å². The molecule has 2 aliphatic carbocycles. The van der Waals surface area contributed by atoms with Crippen LogP contribution in [0.2, 0.25) is 0 Å². The highest BCUT2D eigenvalue weighted by molar-refractivity contribution is 5.83. The molecule has 0 amide bonds. The molecule has 0 N–H and O–H groups in total. The fourth-order valence-corrected chi connectivity index (χ4v) is 3.69. The highest BCUT2D eigenvalue weighted by Gasteiger charge is 2.45. The van der Waals surface area contributed by atoms with Gasteiger partial charge in [0.2, 0.25) is 0 Å². The summed E-state index contributed by atoms with van der Waals surface area (Å²) in [6, 6.07) is 0. The number of carbonyl (C=O) groups excluding carboxylic acids is 1. The van der Waals surface area contributed by atoms with Gasteiger partial charge in [-0.1, -0.05) is 38.8 Å². The molecule has 84 valence electrons. The quantitative estimate of drug-likeness (QED) is 0.595. The minimum absolute atomic E-state index is 0.233. The highest BCUT2D eigenvalue weighted by Crippen LogP contribution is 2.56. The molecule has 1 nitrogen and oxygen atoms in total. The normalized spacial score (nSPS) is 34.6. The van der Waals surface area contributed by atoms with Gasteiger partial charge in [0, 0.05) is 12.8 Å². The summed E-state index contributed by atoms with van der Waals surface area (Å²) in [6.45, 7) is 6.93. The molecule has 0 aromatic rings. The van der Waals surface area contributed by atoms with E-state index in [1.54, 1.807) is 5.57 Å². The summed E-state index contributed by atoms with van der Waals surface area (Å²) in [5, 5.41) is 0. The molecule has 0 aliphatic heterocycles. The molecule has 2 aliphatic rings. The first-order chi connectivity index (χ1) is 7.00. The molecule has 1 fully saturated rings. The van der Waals surface area contributed by atoms with Gasteiger partial charge in [-0.2, -0.15) is 0 Å². The molecule has 0 aromatic carbocycles. The second-order valence-corrected chi connectivity index (χ2v) is 5.91. The Morgan fingerprint density at radius 3 is 2.73 bits per heavy atom. The molecule has 1 saturated carbocycles. The first kappa shape index (κ1) is 10.9. The number of carbonyl (C=O) groups is 1. The van der Waals surface area contributed by atoms with Crippen LogP contribution in [0.1, 0.15) is 59.3 Å². The number of fused-ring (bicyclic) bond motifs is 1. The largest absolute Gasteiger partial charge is 0.299 e. The lowest BCUT2D eigenvalue weighted by molar-refractivity contribution is -0.121. The van der Waals surface area contributed by atoms with E-state index in [0.29, 0.717) is 17.6 Å². The Morgan fingerprint density at radius 1 is 1.33 bits per heavy atom. The zero-order valence-electron chi connectivity index (χ0n) is 10.2. The summed E-state index contributed by atoms with van der Waals surface area (Å²) >= 11 is 0. The molecule has 0 saturated heterocycles. The van der Waals surface area contributed by atoms with Crippen LogP contribution in [0.15, 0.2) is 11.6 Å². The van der Waals surface area contributed by atoms with E-state index in [1.165, 1.54) is 19.3 Å². The second-order valence-electron chi connectivity index (χ2n) is 5.91. The lowest BCUT2D eigenvalue weighted by atomic mass is 9.55.